The Bertz CT molecular complexity index is 433. The van der Waals surface area contributed by atoms with Gasteiger partial charge in [0, 0.05) is 24.5 Å². The molecule has 1 aliphatic heterocycles. The Morgan fingerprint density at radius 3 is 3.16 bits per heavy atom. The van der Waals surface area contributed by atoms with Crippen LogP contribution in [0.3, 0.4) is 0 Å². The van der Waals surface area contributed by atoms with Gasteiger partial charge < -0.3 is 9.47 Å². The van der Waals surface area contributed by atoms with Crippen LogP contribution in [0, 0.1) is 0 Å². The number of carbonyl (C=O) groups excluding carboxylic acids is 1. The number of hydrogen-bond donors (Lipinski definition) is 0. The second-order valence-corrected chi connectivity index (χ2v) is 5.63. The maximum absolute atomic E-state index is 11.6. The number of morpholine rings is 1. The van der Waals surface area contributed by atoms with Crippen molar-refractivity contribution in [1.82, 2.24) is 9.88 Å². The molecule has 1 fully saturated rings. The van der Waals surface area contributed by atoms with Gasteiger partial charge in [-0.1, -0.05) is 0 Å². The molecular weight excluding hydrogens is 264 g/mol. The molecule has 2 rings (SSSR count). The van der Waals surface area contributed by atoms with Gasteiger partial charge in [0.1, 0.15) is 11.1 Å². The van der Waals surface area contributed by atoms with E-state index in [4.69, 9.17) is 9.47 Å². The molecule has 19 heavy (non-hydrogen) atoms. The zero-order chi connectivity index (χ0) is 13.8. The summed E-state index contributed by atoms with van der Waals surface area (Å²) in [6.07, 6.45) is -0.0377. The maximum atomic E-state index is 11.6. The van der Waals surface area contributed by atoms with E-state index in [1.165, 1.54) is 11.3 Å². The minimum Gasteiger partial charge on any atom is -0.461 e. The van der Waals surface area contributed by atoms with E-state index in [0.717, 1.165) is 18.1 Å². The van der Waals surface area contributed by atoms with Crippen LogP contribution in [0.1, 0.15) is 42.4 Å². The second-order valence-electron chi connectivity index (χ2n) is 4.74. The summed E-state index contributed by atoms with van der Waals surface area (Å²) >= 11 is 1.46. The first-order valence-corrected chi connectivity index (χ1v) is 7.48. The highest BCUT2D eigenvalue weighted by atomic mass is 32.1. The largest absolute Gasteiger partial charge is 0.461 e. The number of rotatable bonds is 4. The molecule has 6 heteroatoms. The van der Waals surface area contributed by atoms with Gasteiger partial charge in [0.2, 0.25) is 0 Å². The molecule has 0 radical (unpaired) electrons. The van der Waals surface area contributed by atoms with Crippen LogP contribution in [0.5, 0.6) is 0 Å². The average molecular weight is 284 g/mol. The monoisotopic (exact) mass is 284 g/mol. The summed E-state index contributed by atoms with van der Waals surface area (Å²) in [4.78, 5) is 18.3. The van der Waals surface area contributed by atoms with Crippen molar-refractivity contribution in [2.24, 2.45) is 0 Å². The fourth-order valence-corrected chi connectivity index (χ4v) is 2.85. The molecule has 1 saturated heterocycles. The topological polar surface area (TPSA) is 51.7 Å². The molecule has 1 unspecified atom stereocenters. The molecule has 2 heterocycles. The highest BCUT2D eigenvalue weighted by molar-refractivity contribution is 7.09. The quantitative estimate of drug-likeness (QED) is 0.793. The zero-order valence-corrected chi connectivity index (χ0v) is 12.4. The van der Waals surface area contributed by atoms with E-state index in [-0.39, 0.29) is 12.1 Å². The first-order valence-electron chi connectivity index (χ1n) is 6.60. The standard InChI is InChI=1S/C13H20N2O3S/c1-4-17-13(16)10-8-19-12(14-10)11-7-15(9(2)3)5-6-18-11/h8-9,11H,4-7H2,1-3H3. The lowest BCUT2D eigenvalue weighted by Gasteiger charge is -2.34. The van der Waals surface area contributed by atoms with Crippen LogP contribution in [0.15, 0.2) is 5.38 Å². The lowest BCUT2D eigenvalue weighted by Crippen LogP contribution is -2.42. The second kappa shape index (κ2) is 6.45. The van der Waals surface area contributed by atoms with Gasteiger partial charge in [-0.3, -0.25) is 4.90 Å². The third-order valence-corrected chi connectivity index (χ3v) is 4.05. The molecule has 106 valence electrons. The predicted molar refractivity (Wildman–Crippen MR) is 73.5 cm³/mol. The minimum atomic E-state index is -0.360. The molecule has 1 aliphatic rings. The SMILES string of the molecule is CCOC(=O)c1csc(C2CN(C(C)C)CCO2)n1. The molecule has 0 aromatic carbocycles. The normalized spacial score (nSPS) is 20.7. The molecule has 1 atom stereocenters. The van der Waals surface area contributed by atoms with E-state index in [9.17, 15) is 4.79 Å². The molecule has 0 aliphatic carbocycles. The van der Waals surface area contributed by atoms with Crippen LogP contribution < -0.4 is 0 Å². The van der Waals surface area contributed by atoms with Crippen molar-refractivity contribution in [2.45, 2.75) is 32.9 Å². The number of ether oxygens (including phenoxy) is 2. The van der Waals surface area contributed by atoms with Crippen LogP contribution in [0.25, 0.3) is 0 Å². The molecular formula is C13H20N2O3S. The van der Waals surface area contributed by atoms with Crippen LogP contribution in [-0.4, -0.2) is 48.2 Å². The summed E-state index contributed by atoms with van der Waals surface area (Å²) in [6, 6.07) is 0.496. The van der Waals surface area contributed by atoms with Crippen molar-refractivity contribution in [3.05, 3.63) is 16.1 Å². The highest BCUT2D eigenvalue weighted by Gasteiger charge is 2.26. The van der Waals surface area contributed by atoms with E-state index in [2.05, 4.69) is 23.7 Å². The lowest BCUT2D eigenvalue weighted by molar-refractivity contribution is -0.0403. The van der Waals surface area contributed by atoms with E-state index < -0.39 is 0 Å². The van der Waals surface area contributed by atoms with Gasteiger partial charge >= 0.3 is 5.97 Å². The van der Waals surface area contributed by atoms with E-state index >= 15 is 0 Å². The molecule has 0 spiro atoms. The summed E-state index contributed by atoms with van der Waals surface area (Å²) in [6.45, 7) is 8.99. The number of thiazole rings is 1. The number of nitrogens with zero attached hydrogens (tertiary/aromatic N) is 2. The van der Waals surface area contributed by atoms with E-state index in [1.807, 2.05) is 0 Å². The van der Waals surface area contributed by atoms with Crippen molar-refractivity contribution in [2.75, 3.05) is 26.3 Å². The van der Waals surface area contributed by atoms with Gasteiger partial charge in [-0.15, -0.1) is 11.3 Å². The molecule has 1 aromatic heterocycles. The first-order chi connectivity index (χ1) is 9.11. The van der Waals surface area contributed by atoms with Gasteiger partial charge in [-0.2, -0.15) is 0 Å². The van der Waals surface area contributed by atoms with Crippen LogP contribution in [-0.2, 0) is 9.47 Å². The van der Waals surface area contributed by atoms with Gasteiger partial charge in [-0.25, -0.2) is 9.78 Å². The number of carbonyl (C=O) groups is 1. The van der Waals surface area contributed by atoms with Crippen molar-refractivity contribution in [3.8, 4) is 0 Å². The number of esters is 1. The predicted octanol–water partition coefficient (Wildman–Crippen LogP) is 2.10. The Morgan fingerprint density at radius 1 is 1.68 bits per heavy atom. The maximum Gasteiger partial charge on any atom is 0.357 e. The van der Waals surface area contributed by atoms with Gasteiger partial charge in [0.05, 0.1) is 13.2 Å². The van der Waals surface area contributed by atoms with E-state index in [1.54, 1.807) is 12.3 Å². The van der Waals surface area contributed by atoms with Crippen molar-refractivity contribution in [3.63, 3.8) is 0 Å². The Labute approximate surface area is 117 Å². The van der Waals surface area contributed by atoms with Gasteiger partial charge in [0.15, 0.2) is 5.69 Å². The number of hydrogen-bond acceptors (Lipinski definition) is 6. The molecule has 1 aromatic rings. The summed E-state index contributed by atoms with van der Waals surface area (Å²) in [7, 11) is 0. The fourth-order valence-electron chi connectivity index (χ4n) is 2.02. The average Bonchev–Trinajstić information content (AvgIpc) is 2.89. The van der Waals surface area contributed by atoms with Gasteiger partial charge in [0.25, 0.3) is 0 Å². The van der Waals surface area contributed by atoms with Gasteiger partial charge in [-0.05, 0) is 20.8 Å². The van der Waals surface area contributed by atoms with Crippen molar-refractivity contribution >= 4 is 17.3 Å². The fraction of sp³-hybridized carbons (Fsp3) is 0.692. The zero-order valence-electron chi connectivity index (χ0n) is 11.6. The summed E-state index contributed by atoms with van der Waals surface area (Å²) in [5.41, 5.74) is 0.382. The third kappa shape index (κ3) is 3.52. The Hall–Kier alpha value is -0.980. The Kier molecular flexibility index (Phi) is 4.90. The minimum absolute atomic E-state index is 0.0377. The molecule has 0 saturated carbocycles. The Morgan fingerprint density at radius 2 is 2.47 bits per heavy atom. The molecule has 0 amide bonds. The van der Waals surface area contributed by atoms with Crippen LogP contribution in [0.2, 0.25) is 0 Å². The smallest absolute Gasteiger partial charge is 0.357 e. The third-order valence-electron chi connectivity index (χ3n) is 3.11. The summed E-state index contributed by atoms with van der Waals surface area (Å²) in [5, 5.41) is 2.60. The van der Waals surface area contributed by atoms with Crippen LogP contribution in [0.4, 0.5) is 0 Å². The molecule has 0 N–H and O–H groups in total. The van der Waals surface area contributed by atoms with Crippen molar-refractivity contribution in [1.29, 1.82) is 0 Å². The Balaban J connectivity index is 2.03. The number of aromatic nitrogens is 1. The lowest BCUT2D eigenvalue weighted by atomic mass is 10.2. The van der Waals surface area contributed by atoms with Crippen molar-refractivity contribution < 1.29 is 14.3 Å². The molecule has 5 nitrogen and oxygen atoms in total. The summed E-state index contributed by atoms with van der Waals surface area (Å²) in [5.74, 6) is -0.360. The van der Waals surface area contributed by atoms with E-state index in [0.29, 0.717) is 24.9 Å². The molecule has 0 bridgehead atoms. The summed E-state index contributed by atoms with van der Waals surface area (Å²) < 4.78 is 10.7. The first kappa shape index (κ1) is 14.4. The van der Waals surface area contributed by atoms with Crippen LogP contribution >= 0.6 is 11.3 Å². The highest BCUT2D eigenvalue weighted by Crippen LogP contribution is 2.26.